The van der Waals surface area contributed by atoms with E-state index in [1.54, 1.807) is 6.21 Å². The van der Waals surface area contributed by atoms with Gasteiger partial charge < -0.3 is 0 Å². The Hall–Kier alpha value is -0.990. The molecule has 0 spiro atoms. The van der Waals surface area contributed by atoms with Crippen LogP contribution in [0.15, 0.2) is 27.2 Å². The molecule has 8 heavy (non-hydrogen) atoms. The maximum atomic E-state index is 3.69. The van der Waals surface area contributed by atoms with E-state index in [1.807, 2.05) is 6.08 Å². The molecule has 0 amide bonds. The summed E-state index contributed by atoms with van der Waals surface area (Å²) in [4.78, 5) is 0. The summed E-state index contributed by atoms with van der Waals surface area (Å²) in [5.74, 6) is 0. The molecule has 0 N–H and O–H groups in total. The normalized spacial score (nSPS) is 20.9. The summed E-state index contributed by atoms with van der Waals surface area (Å²) in [7, 11) is 0. The molecule has 0 atom stereocenters. The maximum absolute atomic E-state index is 3.69. The second-order valence-electron chi connectivity index (χ2n) is 1.47. The van der Waals surface area contributed by atoms with Gasteiger partial charge in [-0.05, 0) is 11.6 Å². The fourth-order valence-corrected chi connectivity index (χ4v) is 0.491. The number of hydrogen-bond donors (Lipinski definition) is 0. The lowest BCUT2D eigenvalue weighted by atomic mass is 10.4. The van der Waals surface area contributed by atoms with Crippen molar-refractivity contribution in [2.75, 3.05) is 0 Å². The minimum atomic E-state index is 0.868. The second kappa shape index (κ2) is 2.35. The van der Waals surface area contributed by atoms with E-state index in [2.05, 4.69) is 22.4 Å². The lowest BCUT2D eigenvalue weighted by Crippen LogP contribution is -1.70. The molecule has 0 fully saturated rings. The molecule has 1 rings (SSSR count). The molecular formula is C5H7N3. The van der Waals surface area contributed by atoms with Crippen molar-refractivity contribution in [1.29, 1.82) is 0 Å². The van der Waals surface area contributed by atoms with Gasteiger partial charge in [-0.2, -0.15) is 0 Å². The van der Waals surface area contributed by atoms with Crippen molar-refractivity contribution in [3.05, 3.63) is 11.8 Å². The van der Waals surface area contributed by atoms with Gasteiger partial charge in [-0.1, -0.05) is 13.0 Å². The van der Waals surface area contributed by atoms with E-state index in [4.69, 9.17) is 0 Å². The van der Waals surface area contributed by atoms with E-state index in [0.717, 1.165) is 12.1 Å². The molecule has 0 aromatic rings. The highest BCUT2D eigenvalue weighted by molar-refractivity contribution is 5.78. The van der Waals surface area contributed by atoms with Crippen molar-refractivity contribution in [2.45, 2.75) is 13.3 Å². The zero-order chi connectivity index (χ0) is 5.82. The van der Waals surface area contributed by atoms with Gasteiger partial charge in [-0.15, -0.1) is 10.2 Å². The highest BCUT2D eigenvalue weighted by atomic mass is 15.4. The summed E-state index contributed by atoms with van der Waals surface area (Å²) in [6, 6.07) is 0. The van der Waals surface area contributed by atoms with Crippen molar-refractivity contribution in [3.8, 4) is 0 Å². The highest BCUT2D eigenvalue weighted by Gasteiger charge is 1.91. The molecule has 0 radical (unpaired) electrons. The number of hydrogen-bond acceptors (Lipinski definition) is 3. The zero-order valence-electron chi connectivity index (χ0n) is 4.70. The Kier molecular flexibility index (Phi) is 1.51. The molecule has 1 aliphatic heterocycles. The molecule has 0 saturated heterocycles. The minimum absolute atomic E-state index is 0.868. The van der Waals surface area contributed by atoms with Crippen LogP contribution < -0.4 is 0 Å². The van der Waals surface area contributed by atoms with Gasteiger partial charge in [-0.3, -0.25) is 0 Å². The van der Waals surface area contributed by atoms with Crippen LogP contribution in [0.3, 0.4) is 0 Å². The predicted molar refractivity (Wildman–Crippen MR) is 31.7 cm³/mol. The SMILES string of the molecule is CCC=C1C=NN=N1. The van der Waals surface area contributed by atoms with Crippen molar-refractivity contribution in [3.63, 3.8) is 0 Å². The lowest BCUT2D eigenvalue weighted by molar-refractivity contribution is 1.08. The van der Waals surface area contributed by atoms with Crippen molar-refractivity contribution < 1.29 is 0 Å². The van der Waals surface area contributed by atoms with E-state index in [0.29, 0.717) is 0 Å². The van der Waals surface area contributed by atoms with Crippen LogP contribution in [0.25, 0.3) is 0 Å². The number of allylic oxidation sites excluding steroid dienone is 2. The molecule has 0 bridgehead atoms. The van der Waals surface area contributed by atoms with Crippen LogP contribution in [0, 0.1) is 0 Å². The van der Waals surface area contributed by atoms with Crippen LogP contribution >= 0.6 is 0 Å². The van der Waals surface area contributed by atoms with Gasteiger partial charge in [0.2, 0.25) is 0 Å². The second-order valence-corrected chi connectivity index (χ2v) is 1.47. The Morgan fingerprint density at radius 1 is 1.75 bits per heavy atom. The summed E-state index contributed by atoms with van der Waals surface area (Å²) < 4.78 is 0. The molecule has 0 unspecified atom stereocenters. The van der Waals surface area contributed by atoms with Gasteiger partial charge in [0.1, 0.15) is 5.70 Å². The third-order valence-corrected chi connectivity index (χ3v) is 0.815. The molecule has 0 aromatic heterocycles. The molecule has 0 saturated carbocycles. The summed E-state index contributed by atoms with van der Waals surface area (Å²) in [6.45, 7) is 2.05. The van der Waals surface area contributed by atoms with Crippen LogP contribution in [0.5, 0.6) is 0 Å². The third kappa shape index (κ3) is 0.992. The summed E-state index contributed by atoms with van der Waals surface area (Å²) >= 11 is 0. The Bertz CT molecular complexity index is 141. The Labute approximate surface area is 47.8 Å². The Balaban J connectivity index is 2.60. The van der Waals surface area contributed by atoms with Crippen molar-refractivity contribution >= 4 is 6.21 Å². The largest absolute Gasteiger partial charge is 0.136 e. The lowest BCUT2D eigenvalue weighted by Gasteiger charge is -1.77. The van der Waals surface area contributed by atoms with Gasteiger partial charge in [0.25, 0.3) is 0 Å². The highest BCUT2D eigenvalue weighted by Crippen LogP contribution is 2.01. The molecule has 3 heteroatoms. The quantitative estimate of drug-likeness (QED) is 0.491. The van der Waals surface area contributed by atoms with Crippen LogP contribution in [0.4, 0.5) is 0 Å². The van der Waals surface area contributed by atoms with E-state index < -0.39 is 0 Å². The topological polar surface area (TPSA) is 37.1 Å². The van der Waals surface area contributed by atoms with E-state index in [-0.39, 0.29) is 0 Å². The molecule has 1 aliphatic rings. The third-order valence-electron chi connectivity index (χ3n) is 0.815. The number of rotatable bonds is 1. The molecule has 42 valence electrons. The first-order valence-corrected chi connectivity index (χ1v) is 2.57. The average molecular weight is 109 g/mol. The standard InChI is InChI=1S/C5H7N3/c1-2-3-5-4-6-8-7-5/h3-4H,2H2,1H3. The van der Waals surface area contributed by atoms with Crippen LogP contribution in [0.2, 0.25) is 0 Å². The monoisotopic (exact) mass is 109 g/mol. The van der Waals surface area contributed by atoms with Crippen LogP contribution in [-0.2, 0) is 0 Å². The van der Waals surface area contributed by atoms with Gasteiger partial charge in [0.05, 0.1) is 6.21 Å². The predicted octanol–water partition coefficient (Wildman–Crippen LogP) is 1.73. The molecule has 3 nitrogen and oxygen atoms in total. The van der Waals surface area contributed by atoms with Crippen LogP contribution in [-0.4, -0.2) is 6.21 Å². The van der Waals surface area contributed by atoms with Crippen molar-refractivity contribution in [2.24, 2.45) is 15.4 Å². The average Bonchev–Trinajstić information content (AvgIpc) is 2.19. The molecule has 0 aliphatic carbocycles. The van der Waals surface area contributed by atoms with Crippen molar-refractivity contribution in [1.82, 2.24) is 0 Å². The maximum Gasteiger partial charge on any atom is 0.104 e. The first-order chi connectivity index (χ1) is 3.93. The smallest absolute Gasteiger partial charge is 0.104 e. The zero-order valence-corrected chi connectivity index (χ0v) is 4.70. The van der Waals surface area contributed by atoms with E-state index >= 15 is 0 Å². The van der Waals surface area contributed by atoms with Gasteiger partial charge >= 0.3 is 0 Å². The minimum Gasteiger partial charge on any atom is -0.136 e. The van der Waals surface area contributed by atoms with Gasteiger partial charge in [0.15, 0.2) is 0 Å². The summed E-state index contributed by atoms with van der Waals surface area (Å²) in [5, 5.41) is 10.6. The van der Waals surface area contributed by atoms with Gasteiger partial charge in [-0.25, -0.2) is 0 Å². The molecule has 0 aromatic carbocycles. The summed E-state index contributed by atoms with van der Waals surface area (Å²) in [5.41, 5.74) is 0.868. The first kappa shape index (κ1) is 5.15. The molecule has 1 heterocycles. The van der Waals surface area contributed by atoms with E-state index in [9.17, 15) is 0 Å². The Morgan fingerprint density at radius 2 is 2.62 bits per heavy atom. The van der Waals surface area contributed by atoms with Gasteiger partial charge in [0, 0.05) is 0 Å². The number of nitrogens with zero attached hydrogens (tertiary/aromatic N) is 3. The van der Waals surface area contributed by atoms with E-state index in [1.165, 1.54) is 0 Å². The fraction of sp³-hybridized carbons (Fsp3) is 0.400. The first-order valence-electron chi connectivity index (χ1n) is 2.57. The Morgan fingerprint density at radius 3 is 3.12 bits per heavy atom. The summed E-state index contributed by atoms with van der Waals surface area (Å²) in [6.07, 6.45) is 4.60. The molecular weight excluding hydrogens is 102 g/mol. The fourth-order valence-electron chi connectivity index (χ4n) is 0.491. The van der Waals surface area contributed by atoms with Crippen LogP contribution in [0.1, 0.15) is 13.3 Å².